The molecule has 2 aliphatic rings. The smallest absolute Gasteiger partial charge is 0.141 e. The van der Waals surface area contributed by atoms with E-state index in [-0.39, 0.29) is 5.41 Å². The summed E-state index contributed by atoms with van der Waals surface area (Å²) in [7, 11) is 0. The van der Waals surface area contributed by atoms with E-state index in [0.29, 0.717) is 0 Å². The SMILES string of the molecule is CCCn1c(-c2cccc(-c3ccc4cc5c(cc4c3)C3(c4ccccc4-c4ccccc43)c3cc4ccccc4cc3-5)c2)nc2ccccc21. The molecule has 8 aromatic carbocycles. The molecule has 0 amide bonds. The van der Waals surface area contributed by atoms with Crippen LogP contribution in [0.25, 0.3) is 77.3 Å². The van der Waals surface area contributed by atoms with Gasteiger partial charge in [-0.05, 0) is 132 Å². The van der Waals surface area contributed by atoms with Crippen molar-refractivity contribution in [3.05, 3.63) is 186 Å². The molecule has 0 fully saturated rings. The number of rotatable bonds is 4. The predicted octanol–water partition coefficient (Wildman–Crippen LogP) is 12.4. The Labute approximate surface area is 297 Å². The van der Waals surface area contributed by atoms with Crippen LogP contribution in [0.2, 0.25) is 0 Å². The molecule has 0 bridgehead atoms. The molecule has 11 rings (SSSR count). The largest absolute Gasteiger partial charge is 0.324 e. The molecule has 9 aromatic rings. The highest BCUT2D eigenvalue weighted by Crippen LogP contribution is 2.63. The summed E-state index contributed by atoms with van der Waals surface area (Å²) in [6.07, 6.45) is 1.05. The maximum Gasteiger partial charge on any atom is 0.141 e. The third kappa shape index (κ3) is 3.90. The molecule has 1 aromatic heterocycles. The van der Waals surface area contributed by atoms with Crippen molar-refractivity contribution in [2.75, 3.05) is 0 Å². The van der Waals surface area contributed by atoms with Gasteiger partial charge in [0.15, 0.2) is 0 Å². The molecular weight excluding hydrogens is 617 g/mol. The van der Waals surface area contributed by atoms with E-state index in [4.69, 9.17) is 4.98 Å². The maximum absolute atomic E-state index is 5.11. The molecule has 1 heterocycles. The van der Waals surface area contributed by atoms with Gasteiger partial charge in [0.2, 0.25) is 0 Å². The summed E-state index contributed by atoms with van der Waals surface area (Å²) in [5, 5.41) is 5.08. The highest BCUT2D eigenvalue weighted by Gasteiger charge is 2.51. The Hall–Kier alpha value is -6.25. The van der Waals surface area contributed by atoms with E-state index in [0.717, 1.165) is 29.9 Å². The van der Waals surface area contributed by atoms with Crippen LogP contribution in [0.4, 0.5) is 0 Å². The molecular formula is C49H34N2. The second-order valence-electron chi connectivity index (χ2n) is 14.2. The fourth-order valence-corrected chi connectivity index (χ4v) is 9.33. The molecule has 2 heteroatoms. The number of hydrogen-bond donors (Lipinski definition) is 0. The van der Waals surface area contributed by atoms with Gasteiger partial charge in [-0.15, -0.1) is 0 Å². The minimum absolute atomic E-state index is 0.385. The number of benzene rings is 8. The third-order valence-electron chi connectivity index (χ3n) is 11.5. The lowest BCUT2D eigenvalue weighted by Gasteiger charge is -2.30. The van der Waals surface area contributed by atoms with Crippen molar-refractivity contribution < 1.29 is 0 Å². The molecule has 240 valence electrons. The van der Waals surface area contributed by atoms with Crippen LogP contribution in [-0.2, 0) is 12.0 Å². The quantitative estimate of drug-likeness (QED) is 0.185. The summed E-state index contributed by atoms with van der Waals surface area (Å²) in [5.41, 5.74) is 16.2. The zero-order chi connectivity index (χ0) is 33.7. The fourth-order valence-electron chi connectivity index (χ4n) is 9.33. The van der Waals surface area contributed by atoms with Crippen molar-refractivity contribution in [3.63, 3.8) is 0 Å². The molecule has 0 aliphatic heterocycles. The van der Waals surface area contributed by atoms with Crippen molar-refractivity contribution in [2.24, 2.45) is 0 Å². The molecule has 0 radical (unpaired) electrons. The maximum atomic E-state index is 5.11. The Morgan fingerprint density at radius 2 is 1.04 bits per heavy atom. The van der Waals surface area contributed by atoms with Gasteiger partial charge in [0.1, 0.15) is 5.82 Å². The molecule has 0 saturated heterocycles. The van der Waals surface area contributed by atoms with Crippen molar-refractivity contribution in [3.8, 4) is 44.8 Å². The monoisotopic (exact) mass is 650 g/mol. The Morgan fingerprint density at radius 3 is 1.78 bits per heavy atom. The third-order valence-corrected chi connectivity index (χ3v) is 11.5. The van der Waals surface area contributed by atoms with Crippen LogP contribution >= 0.6 is 0 Å². The number of aromatic nitrogens is 2. The first-order valence-corrected chi connectivity index (χ1v) is 18.1. The summed E-state index contributed by atoms with van der Waals surface area (Å²) in [6.45, 7) is 3.17. The van der Waals surface area contributed by atoms with Gasteiger partial charge in [0.25, 0.3) is 0 Å². The first-order valence-electron chi connectivity index (χ1n) is 18.1. The van der Waals surface area contributed by atoms with Crippen LogP contribution < -0.4 is 0 Å². The first-order chi connectivity index (χ1) is 25.2. The lowest BCUT2D eigenvalue weighted by Crippen LogP contribution is -2.25. The number of hydrogen-bond acceptors (Lipinski definition) is 1. The minimum Gasteiger partial charge on any atom is -0.324 e. The lowest BCUT2D eigenvalue weighted by molar-refractivity contribution is 0.704. The number of para-hydroxylation sites is 2. The molecule has 0 saturated carbocycles. The van der Waals surface area contributed by atoms with Crippen LogP contribution in [0.5, 0.6) is 0 Å². The number of imidazole rings is 1. The van der Waals surface area contributed by atoms with Crippen LogP contribution in [0, 0.1) is 0 Å². The number of aryl methyl sites for hydroxylation is 1. The zero-order valence-corrected chi connectivity index (χ0v) is 28.4. The van der Waals surface area contributed by atoms with Gasteiger partial charge in [-0.2, -0.15) is 0 Å². The van der Waals surface area contributed by atoms with Gasteiger partial charge < -0.3 is 4.57 Å². The van der Waals surface area contributed by atoms with Crippen LogP contribution in [-0.4, -0.2) is 9.55 Å². The van der Waals surface area contributed by atoms with Gasteiger partial charge in [0.05, 0.1) is 16.4 Å². The Bertz CT molecular complexity index is 2840. The Balaban J connectivity index is 1.13. The second-order valence-corrected chi connectivity index (χ2v) is 14.2. The summed E-state index contributed by atoms with van der Waals surface area (Å²) in [4.78, 5) is 5.11. The molecule has 0 atom stereocenters. The Morgan fingerprint density at radius 1 is 0.451 bits per heavy atom. The molecule has 0 unspecified atom stereocenters. The van der Waals surface area contributed by atoms with Crippen molar-refractivity contribution in [1.82, 2.24) is 9.55 Å². The first kappa shape index (κ1) is 28.6. The van der Waals surface area contributed by atoms with Gasteiger partial charge in [0, 0.05) is 12.1 Å². The standard InChI is InChI=1S/C49H34N2/c1-2-24-51-47-21-10-9-20-46(47)50-48(51)36-15-11-14-31(25-36)34-22-23-35-28-41-40-27-32-12-3-4-13-33(32)29-44(40)49(45(41)30-37(35)26-34)42-18-7-5-16-38(42)39-17-6-8-19-43(39)49/h3-23,25-30H,2,24H2,1H3. The summed E-state index contributed by atoms with van der Waals surface area (Å²) in [5.74, 6) is 1.03. The molecule has 0 N–H and O–H groups in total. The average Bonchev–Trinajstić information content (AvgIpc) is 3.80. The van der Waals surface area contributed by atoms with Gasteiger partial charge >= 0.3 is 0 Å². The second kappa shape index (κ2) is 10.6. The fraction of sp³-hybridized carbons (Fsp3) is 0.0816. The Kier molecular flexibility index (Phi) is 5.95. The number of nitrogens with zero attached hydrogens (tertiary/aromatic N) is 2. The predicted molar refractivity (Wildman–Crippen MR) is 212 cm³/mol. The van der Waals surface area contributed by atoms with E-state index < -0.39 is 0 Å². The minimum atomic E-state index is -0.385. The molecule has 2 nitrogen and oxygen atoms in total. The summed E-state index contributed by atoms with van der Waals surface area (Å²) in [6, 6.07) is 61.2. The van der Waals surface area contributed by atoms with E-state index >= 15 is 0 Å². The van der Waals surface area contributed by atoms with E-state index in [2.05, 4.69) is 175 Å². The molecule has 51 heavy (non-hydrogen) atoms. The average molecular weight is 651 g/mol. The molecule has 1 spiro atoms. The van der Waals surface area contributed by atoms with E-state index in [9.17, 15) is 0 Å². The lowest BCUT2D eigenvalue weighted by atomic mass is 9.70. The van der Waals surface area contributed by atoms with Crippen molar-refractivity contribution >= 4 is 32.6 Å². The van der Waals surface area contributed by atoms with Gasteiger partial charge in [-0.25, -0.2) is 4.98 Å². The molecule has 2 aliphatic carbocycles. The van der Waals surface area contributed by atoms with E-state index in [1.165, 1.54) is 82.7 Å². The van der Waals surface area contributed by atoms with E-state index in [1.54, 1.807) is 0 Å². The normalized spacial score (nSPS) is 13.5. The van der Waals surface area contributed by atoms with Crippen LogP contribution in [0.3, 0.4) is 0 Å². The van der Waals surface area contributed by atoms with E-state index in [1.807, 2.05) is 0 Å². The zero-order valence-electron chi connectivity index (χ0n) is 28.4. The van der Waals surface area contributed by atoms with Gasteiger partial charge in [-0.1, -0.05) is 122 Å². The summed E-state index contributed by atoms with van der Waals surface area (Å²) >= 11 is 0. The van der Waals surface area contributed by atoms with Crippen LogP contribution in [0.15, 0.2) is 164 Å². The van der Waals surface area contributed by atoms with Gasteiger partial charge in [-0.3, -0.25) is 0 Å². The van der Waals surface area contributed by atoms with Crippen molar-refractivity contribution in [2.45, 2.75) is 25.3 Å². The van der Waals surface area contributed by atoms with Crippen LogP contribution in [0.1, 0.15) is 35.6 Å². The highest BCUT2D eigenvalue weighted by atomic mass is 15.1. The topological polar surface area (TPSA) is 17.8 Å². The number of fused-ring (bicyclic) bond motifs is 13. The highest BCUT2D eigenvalue weighted by molar-refractivity contribution is 6.03. The summed E-state index contributed by atoms with van der Waals surface area (Å²) < 4.78 is 2.37. The van der Waals surface area contributed by atoms with Crippen molar-refractivity contribution in [1.29, 1.82) is 0 Å².